The highest BCUT2D eigenvalue weighted by Gasteiger charge is 2.18. The molecule has 0 aliphatic heterocycles. The number of rotatable bonds is 7. The minimum absolute atomic E-state index is 0.00665. The average molecular weight is 277 g/mol. The molecule has 0 aromatic carbocycles. The van der Waals surface area contributed by atoms with Gasteiger partial charge in [-0.25, -0.2) is 4.98 Å². The van der Waals surface area contributed by atoms with Gasteiger partial charge < -0.3 is 14.4 Å². The highest BCUT2D eigenvalue weighted by atomic mass is 16.5. The smallest absolute Gasteiger partial charge is 0.249 e. The molecule has 20 heavy (non-hydrogen) atoms. The number of nitrogens with one attached hydrogen (secondary N) is 1. The van der Waals surface area contributed by atoms with Crippen molar-refractivity contribution in [2.75, 3.05) is 0 Å². The lowest BCUT2D eigenvalue weighted by Crippen LogP contribution is -2.28. The minimum atomic E-state index is -0.211. The van der Waals surface area contributed by atoms with Crippen LogP contribution in [-0.2, 0) is 11.3 Å². The van der Waals surface area contributed by atoms with E-state index in [0.717, 1.165) is 19.4 Å². The van der Waals surface area contributed by atoms with Gasteiger partial charge in [0.2, 0.25) is 11.8 Å². The Hall–Kier alpha value is -2.18. The van der Waals surface area contributed by atoms with E-state index in [1.165, 1.54) is 0 Å². The lowest BCUT2D eigenvalue weighted by molar-refractivity contribution is -0.122. The first kappa shape index (κ1) is 14.2. The number of carbonyl (C=O) groups excluding carboxylic acids is 1. The lowest BCUT2D eigenvalue weighted by atomic mass is 10.2. The number of carbonyl (C=O) groups is 1. The summed E-state index contributed by atoms with van der Waals surface area (Å²) in [7, 11) is 0. The molecule has 7 heteroatoms. The molecule has 108 valence electrons. The van der Waals surface area contributed by atoms with Crippen LogP contribution in [0.5, 0.6) is 0 Å². The van der Waals surface area contributed by atoms with E-state index in [2.05, 4.69) is 20.4 Å². The summed E-state index contributed by atoms with van der Waals surface area (Å²) in [6, 6.07) is -0.211. The first-order valence-electron chi connectivity index (χ1n) is 6.74. The fraction of sp³-hybridized carbons (Fsp3) is 0.538. The van der Waals surface area contributed by atoms with Gasteiger partial charge in [-0.2, -0.15) is 4.98 Å². The van der Waals surface area contributed by atoms with Crippen LogP contribution in [0.1, 0.15) is 43.9 Å². The molecule has 0 saturated heterocycles. The van der Waals surface area contributed by atoms with Crippen LogP contribution in [-0.4, -0.2) is 25.6 Å². The van der Waals surface area contributed by atoms with Crippen molar-refractivity contribution < 1.29 is 9.32 Å². The summed E-state index contributed by atoms with van der Waals surface area (Å²) in [5.41, 5.74) is 0. The predicted molar refractivity (Wildman–Crippen MR) is 71.7 cm³/mol. The SMILES string of the molecule is CC[C@H](NC(=O)CCCn1ccnc1)c1nc(C)no1. The summed E-state index contributed by atoms with van der Waals surface area (Å²) in [4.78, 5) is 20.0. The molecule has 2 heterocycles. The van der Waals surface area contributed by atoms with Crippen LogP contribution < -0.4 is 5.32 Å². The standard InChI is InChI=1S/C13H19N5O2/c1-3-11(13-15-10(2)17-20-13)16-12(19)5-4-7-18-8-6-14-9-18/h6,8-9,11H,3-5,7H2,1-2H3,(H,16,19)/t11-/m0/s1. The summed E-state index contributed by atoms with van der Waals surface area (Å²) < 4.78 is 7.04. The van der Waals surface area contributed by atoms with Crippen molar-refractivity contribution in [1.82, 2.24) is 25.0 Å². The van der Waals surface area contributed by atoms with Crippen LogP contribution in [0, 0.1) is 6.92 Å². The average Bonchev–Trinajstić information content (AvgIpc) is 3.07. The van der Waals surface area contributed by atoms with Crippen molar-refractivity contribution in [3.05, 3.63) is 30.4 Å². The molecule has 0 saturated carbocycles. The van der Waals surface area contributed by atoms with Crippen LogP contribution in [0.25, 0.3) is 0 Å². The molecule has 1 amide bonds. The van der Waals surface area contributed by atoms with Gasteiger partial charge in [0.05, 0.1) is 6.33 Å². The molecule has 2 aromatic heterocycles. The monoisotopic (exact) mass is 277 g/mol. The maximum Gasteiger partial charge on any atom is 0.249 e. The summed E-state index contributed by atoms with van der Waals surface area (Å²) >= 11 is 0. The van der Waals surface area contributed by atoms with Gasteiger partial charge >= 0.3 is 0 Å². The second kappa shape index (κ2) is 6.83. The third-order valence-corrected chi connectivity index (χ3v) is 2.96. The minimum Gasteiger partial charge on any atom is -0.344 e. The van der Waals surface area contributed by atoms with Gasteiger partial charge in [0.15, 0.2) is 5.82 Å². The van der Waals surface area contributed by atoms with E-state index in [1.807, 2.05) is 17.7 Å². The van der Waals surface area contributed by atoms with E-state index in [4.69, 9.17) is 4.52 Å². The van der Waals surface area contributed by atoms with E-state index in [-0.39, 0.29) is 11.9 Å². The molecule has 2 rings (SSSR count). The van der Waals surface area contributed by atoms with E-state index in [9.17, 15) is 4.79 Å². The first-order chi connectivity index (χ1) is 9.69. The van der Waals surface area contributed by atoms with Gasteiger partial charge in [-0.1, -0.05) is 12.1 Å². The summed E-state index contributed by atoms with van der Waals surface area (Å²) in [5.74, 6) is 1.04. The van der Waals surface area contributed by atoms with E-state index in [0.29, 0.717) is 18.1 Å². The predicted octanol–water partition coefficient (Wildman–Crippen LogP) is 1.62. The molecule has 0 fully saturated rings. The summed E-state index contributed by atoms with van der Waals surface area (Å²) in [5, 5.41) is 6.66. The van der Waals surface area contributed by atoms with E-state index >= 15 is 0 Å². The van der Waals surface area contributed by atoms with Gasteiger partial charge in [0.1, 0.15) is 6.04 Å². The molecule has 0 aliphatic rings. The number of aryl methyl sites for hydroxylation is 2. The topological polar surface area (TPSA) is 85.8 Å². The third kappa shape index (κ3) is 3.91. The number of nitrogens with zero attached hydrogens (tertiary/aromatic N) is 4. The lowest BCUT2D eigenvalue weighted by Gasteiger charge is -2.12. The molecule has 0 unspecified atom stereocenters. The van der Waals surface area contributed by atoms with Gasteiger partial charge in [-0.15, -0.1) is 0 Å². The van der Waals surface area contributed by atoms with Crippen LogP contribution >= 0.6 is 0 Å². The summed E-state index contributed by atoms with van der Waals surface area (Å²) in [6.07, 6.45) is 7.30. The maximum absolute atomic E-state index is 11.9. The van der Waals surface area contributed by atoms with Gasteiger partial charge in [0, 0.05) is 25.4 Å². The Morgan fingerprint density at radius 2 is 2.40 bits per heavy atom. The molecule has 0 radical (unpaired) electrons. The Morgan fingerprint density at radius 3 is 3.00 bits per heavy atom. The number of aromatic nitrogens is 4. The molecule has 1 atom stereocenters. The molecule has 0 aliphatic carbocycles. The fourth-order valence-electron chi connectivity index (χ4n) is 1.90. The zero-order valence-corrected chi connectivity index (χ0v) is 11.7. The maximum atomic E-state index is 11.9. The highest BCUT2D eigenvalue weighted by Crippen LogP contribution is 2.14. The number of amides is 1. The van der Waals surface area contributed by atoms with Gasteiger partial charge in [-0.05, 0) is 19.8 Å². The zero-order valence-electron chi connectivity index (χ0n) is 11.7. The Morgan fingerprint density at radius 1 is 1.55 bits per heavy atom. The van der Waals surface area contributed by atoms with Crippen molar-refractivity contribution in [3.63, 3.8) is 0 Å². The first-order valence-corrected chi connectivity index (χ1v) is 6.74. The van der Waals surface area contributed by atoms with Crippen molar-refractivity contribution in [2.45, 2.75) is 45.7 Å². The van der Waals surface area contributed by atoms with Crippen LogP contribution in [0.3, 0.4) is 0 Å². The van der Waals surface area contributed by atoms with E-state index in [1.54, 1.807) is 19.4 Å². The largest absolute Gasteiger partial charge is 0.344 e. The number of hydrogen-bond donors (Lipinski definition) is 1. The van der Waals surface area contributed by atoms with Gasteiger partial charge in [-0.3, -0.25) is 4.79 Å². The van der Waals surface area contributed by atoms with Crippen LogP contribution in [0.15, 0.2) is 23.2 Å². The molecule has 1 N–H and O–H groups in total. The van der Waals surface area contributed by atoms with E-state index < -0.39 is 0 Å². The van der Waals surface area contributed by atoms with Crippen molar-refractivity contribution >= 4 is 5.91 Å². The molecular weight excluding hydrogens is 258 g/mol. The molecule has 2 aromatic rings. The molecule has 0 spiro atoms. The van der Waals surface area contributed by atoms with Crippen molar-refractivity contribution in [3.8, 4) is 0 Å². The molecule has 0 bridgehead atoms. The summed E-state index contributed by atoms with van der Waals surface area (Å²) in [6.45, 7) is 4.51. The van der Waals surface area contributed by atoms with Crippen LogP contribution in [0.4, 0.5) is 0 Å². The van der Waals surface area contributed by atoms with Crippen LogP contribution in [0.2, 0.25) is 0 Å². The highest BCUT2D eigenvalue weighted by molar-refractivity contribution is 5.76. The molecular formula is C13H19N5O2. The van der Waals surface area contributed by atoms with Crippen molar-refractivity contribution in [1.29, 1.82) is 0 Å². The third-order valence-electron chi connectivity index (χ3n) is 2.96. The zero-order chi connectivity index (χ0) is 14.4. The quantitative estimate of drug-likeness (QED) is 0.831. The Kier molecular flexibility index (Phi) is 4.86. The Bertz CT molecular complexity index is 535. The second-order valence-electron chi connectivity index (χ2n) is 4.61. The second-order valence-corrected chi connectivity index (χ2v) is 4.61. The normalized spacial score (nSPS) is 12.3. The Balaban J connectivity index is 1.77. The Labute approximate surface area is 117 Å². The number of hydrogen-bond acceptors (Lipinski definition) is 5. The van der Waals surface area contributed by atoms with Gasteiger partial charge in [0.25, 0.3) is 0 Å². The molecule has 7 nitrogen and oxygen atoms in total. The van der Waals surface area contributed by atoms with Crippen molar-refractivity contribution in [2.24, 2.45) is 0 Å². The number of imidazole rings is 1. The fourth-order valence-corrected chi connectivity index (χ4v) is 1.90.